The number of aromatic amines is 1. The van der Waals surface area contributed by atoms with E-state index in [1.807, 2.05) is 4.98 Å². The van der Waals surface area contributed by atoms with Crippen LogP contribution in [0.4, 0.5) is 4.39 Å². The molecule has 1 fully saturated rings. The summed E-state index contributed by atoms with van der Waals surface area (Å²) < 4.78 is 19.9. The Labute approximate surface area is 100 Å². The second kappa shape index (κ2) is 4.30. The van der Waals surface area contributed by atoms with Gasteiger partial charge in [-0.25, -0.2) is 9.18 Å². The number of hydrogen-bond acceptors (Lipinski definition) is 5. The summed E-state index contributed by atoms with van der Waals surface area (Å²) in [6, 6.07) is 1.04. The van der Waals surface area contributed by atoms with E-state index >= 15 is 0 Å². The van der Waals surface area contributed by atoms with Gasteiger partial charge in [0.05, 0.1) is 6.61 Å². The monoisotopic (exact) mass is 260 g/mol. The number of ether oxygens (including phenoxy) is 1. The van der Waals surface area contributed by atoms with Crippen molar-refractivity contribution in [3.8, 4) is 0 Å². The number of halogens is 1. The highest BCUT2D eigenvalue weighted by molar-refractivity contribution is 4.99. The predicted molar refractivity (Wildman–Crippen MR) is 57.8 cm³/mol. The van der Waals surface area contributed by atoms with Crippen molar-refractivity contribution < 1.29 is 19.3 Å². The van der Waals surface area contributed by atoms with Crippen LogP contribution in [0.15, 0.2) is 21.9 Å². The Morgan fingerprint density at radius 2 is 2.28 bits per heavy atom. The molecule has 1 aromatic rings. The van der Waals surface area contributed by atoms with Gasteiger partial charge in [-0.3, -0.25) is 14.3 Å². The van der Waals surface area contributed by atoms with E-state index < -0.39 is 42.0 Å². The summed E-state index contributed by atoms with van der Waals surface area (Å²) in [6.07, 6.45) is -3.76. The molecule has 1 saturated heterocycles. The lowest BCUT2D eigenvalue weighted by Gasteiger charge is -2.24. The van der Waals surface area contributed by atoms with Crippen LogP contribution in [0.5, 0.6) is 0 Å². The predicted octanol–water partition coefficient (Wildman–Crippen LogP) is -1.48. The normalized spacial score (nSPS) is 35.9. The third-order valence-electron chi connectivity index (χ3n) is 3.03. The van der Waals surface area contributed by atoms with Crippen molar-refractivity contribution in [1.29, 1.82) is 0 Å². The fourth-order valence-electron chi connectivity index (χ4n) is 1.87. The van der Waals surface area contributed by atoms with Crippen LogP contribution in [0.2, 0.25) is 0 Å². The number of alkyl halides is 1. The molecule has 0 aromatic carbocycles. The van der Waals surface area contributed by atoms with Crippen LogP contribution in [0.3, 0.4) is 0 Å². The molecule has 7 nitrogen and oxygen atoms in total. The lowest BCUT2D eigenvalue weighted by Crippen LogP contribution is -2.42. The summed E-state index contributed by atoms with van der Waals surface area (Å²) in [5.74, 6) is 0. The van der Waals surface area contributed by atoms with Crippen molar-refractivity contribution in [3.05, 3.63) is 33.1 Å². The standard InChI is InChI=1S/C10H13FN2O5/c1-10(4-14)7(16)6(11)8(18-10)13-3-2-5(15)12-9(13)17/h2-3,6-8,14,16H,4H2,1H3,(H,12,15,17)/t6-,7-,8+,10+/m0/s1. The Morgan fingerprint density at radius 1 is 1.61 bits per heavy atom. The first-order valence-electron chi connectivity index (χ1n) is 5.31. The van der Waals surface area contributed by atoms with Crippen LogP contribution < -0.4 is 11.2 Å². The van der Waals surface area contributed by atoms with E-state index in [2.05, 4.69) is 0 Å². The molecule has 0 spiro atoms. The number of hydrogen-bond donors (Lipinski definition) is 3. The topological polar surface area (TPSA) is 105 Å². The number of H-pyrrole nitrogens is 1. The molecule has 0 bridgehead atoms. The first-order chi connectivity index (χ1) is 8.39. The summed E-state index contributed by atoms with van der Waals surface area (Å²) in [5, 5.41) is 18.7. The average Bonchev–Trinajstić information content (AvgIpc) is 2.55. The maximum absolute atomic E-state index is 13.9. The van der Waals surface area contributed by atoms with Gasteiger partial charge < -0.3 is 14.9 Å². The van der Waals surface area contributed by atoms with Gasteiger partial charge in [0.1, 0.15) is 11.7 Å². The first kappa shape index (κ1) is 12.9. The van der Waals surface area contributed by atoms with Crippen LogP contribution in [0, 0.1) is 0 Å². The molecule has 1 aliphatic heterocycles. The summed E-state index contributed by atoms with van der Waals surface area (Å²) >= 11 is 0. The van der Waals surface area contributed by atoms with Gasteiger partial charge in [-0.15, -0.1) is 0 Å². The Morgan fingerprint density at radius 3 is 2.78 bits per heavy atom. The minimum Gasteiger partial charge on any atom is -0.393 e. The average molecular weight is 260 g/mol. The molecule has 2 rings (SSSR count). The Kier molecular flexibility index (Phi) is 3.09. The van der Waals surface area contributed by atoms with E-state index in [-0.39, 0.29) is 0 Å². The van der Waals surface area contributed by atoms with Gasteiger partial charge in [-0.1, -0.05) is 0 Å². The second-order valence-electron chi connectivity index (χ2n) is 4.39. The van der Waals surface area contributed by atoms with Crippen molar-refractivity contribution in [2.24, 2.45) is 0 Å². The minimum atomic E-state index is -1.88. The number of aliphatic hydroxyl groups is 2. The Bertz CT molecular complexity index is 556. The number of nitrogens with zero attached hydrogens (tertiary/aromatic N) is 1. The summed E-state index contributed by atoms with van der Waals surface area (Å²) in [4.78, 5) is 24.3. The first-order valence-corrected chi connectivity index (χ1v) is 5.31. The van der Waals surface area contributed by atoms with Gasteiger partial charge in [0.15, 0.2) is 12.4 Å². The second-order valence-corrected chi connectivity index (χ2v) is 4.39. The number of aliphatic hydroxyl groups excluding tert-OH is 2. The van der Waals surface area contributed by atoms with Crippen molar-refractivity contribution in [1.82, 2.24) is 9.55 Å². The fourth-order valence-corrected chi connectivity index (χ4v) is 1.87. The third-order valence-corrected chi connectivity index (χ3v) is 3.03. The van der Waals surface area contributed by atoms with Crippen molar-refractivity contribution >= 4 is 0 Å². The largest absolute Gasteiger partial charge is 0.393 e. The van der Waals surface area contributed by atoms with Crippen LogP contribution in [-0.4, -0.2) is 44.2 Å². The Hall–Kier alpha value is -1.51. The summed E-state index contributed by atoms with van der Waals surface area (Å²) in [7, 11) is 0. The van der Waals surface area contributed by atoms with Gasteiger partial charge in [0, 0.05) is 12.3 Å². The van der Waals surface area contributed by atoms with Crippen molar-refractivity contribution in [2.45, 2.75) is 31.0 Å². The van der Waals surface area contributed by atoms with E-state index in [0.717, 1.165) is 16.8 Å². The zero-order chi connectivity index (χ0) is 13.5. The summed E-state index contributed by atoms with van der Waals surface area (Å²) in [5.41, 5.74) is -2.95. The molecule has 0 radical (unpaired) electrons. The number of rotatable bonds is 2. The molecule has 3 N–H and O–H groups in total. The zero-order valence-corrected chi connectivity index (χ0v) is 9.54. The van der Waals surface area contributed by atoms with E-state index in [0.29, 0.717) is 0 Å². The number of aromatic nitrogens is 2. The van der Waals surface area contributed by atoms with E-state index in [9.17, 15) is 19.1 Å². The maximum Gasteiger partial charge on any atom is 0.330 e. The molecule has 18 heavy (non-hydrogen) atoms. The van der Waals surface area contributed by atoms with Crippen LogP contribution in [-0.2, 0) is 4.74 Å². The number of nitrogens with one attached hydrogen (secondary N) is 1. The molecule has 0 amide bonds. The molecule has 0 saturated carbocycles. The molecule has 100 valence electrons. The maximum atomic E-state index is 13.9. The quantitative estimate of drug-likeness (QED) is 0.601. The smallest absolute Gasteiger partial charge is 0.330 e. The van der Waals surface area contributed by atoms with E-state index in [1.54, 1.807) is 0 Å². The van der Waals surface area contributed by atoms with Crippen LogP contribution >= 0.6 is 0 Å². The molecule has 0 unspecified atom stereocenters. The lowest BCUT2D eigenvalue weighted by molar-refractivity contribution is -0.117. The van der Waals surface area contributed by atoms with Gasteiger partial charge in [0.2, 0.25) is 0 Å². The molecule has 1 aliphatic rings. The SMILES string of the molecule is C[C@]1(CO)O[C@@H](n2ccc(=O)[nH]c2=O)[C@@H](F)[C@@H]1O. The molecular weight excluding hydrogens is 247 g/mol. The minimum absolute atomic E-state index is 0.594. The molecule has 1 aromatic heterocycles. The fraction of sp³-hybridized carbons (Fsp3) is 0.600. The molecule has 8 heteroatoms. The molecule has 0 aliphatic carbocycles. The lowest BCUT2D eigenvalue weighted by atomic mass is 9.99. The highest BCUT2D eigenvalue weighted by atomic mass is 19.1. The zero-order valence-electron chi connectivity index (χ0n) is 9.54. The van der Waals surface area contributed by atoms with Gasteiger partial charge in [-0.2, -0.15) is 0 Å². The van der Waals surface area contributed by atoms with Gasteiger partial charge >= 0.3 is 5.69 Å². The van der Waals surface area contributed by atoms with Crippen molar-refractivity contribution in [2.75, 3.05) is 6.61 Å². The highest BCUT2D eigenvalue weighted by Gasteiger charge is 2.53. The van der Waals surface area contributed by atoms with E-state index in [4.69, 9.17) is 9.84 Å². The van der Waals surface area contributed by atoms with Gasteiger partial charge in [0.25, 0.3) is 5.56 Å². The Balaban J connectivity index is 2.41. The molecule has 4 atom stereocenters. The molecule has 2 heterocycles. The summed E-state index contributed by atoms with van der Waals surface area (Å²) in [6.45, 7) is 0.740. The molecular formula is C10H13FN2O5. The van der Waals surface area contributed by atoms with Crippen LogP contribution in [0.25, 0.3) is 0 Å². The highest BCUT2D eigenvalue weighted by Crippen LogP contribution is 2.37. The van der Waals surface area contributed by atoms with Crippen LogP contribution in [0.1, 0.15) is 13.2 Å². The van der Waals surface area contributed by atoms with E-state index in [1.165, 1.54) is 6.92 Å². The van der Waals surface area contributed by atoms with Gasteiger partial charge in [-0.05, 0) is 6.92 Å². The van der Waals surface area contributed by atoms with Crippen molar-refractivity contribution in [3.63, 3.8) is 0 Å². The third kappa shape index (κ3) is 1.88.